The highest BCUT2D eigenvalue weighted by atomic mass is 19.4. The van der Waals surface area contributed by atoms with Gasteiger partial charge in [0.05, 0.1) is 41.5 Å². The molecule has 0 aliphatic carbocycles. The Kier molecular flexibility index (Phi) is 9.08. The third-order valence-electron chi connectivity index (χ3n) is 8.35. The monoisotopic (exact) mass is 677 g/mol. The maximum absolute atomic E-state index is 15.3. The number of aromatic amines is 1. The quantitative estimate of drug-likeness (QED) is 0.103. The van der Waals surface area contributed by atoms with Gasteiger partial charge < -0.3 is 20.2 Å². The highest BCUT2D eigenvalue weighted by molar-refractivity contribution is 5.97. The number of alkyl halides is 3. The van der Waals surface area contributed by atoms with E-state index in [1.54, 1.807) is 30.3 Å². The summed E-state index contributed by atoms with van der Waals surface area (Å²) in [6, 6.07) is 12.0. The number of ether oxygens (including phenoxy) is 1. The normalized spacial score (nSPS) is 15.1. The number of amides is 2. The van der Waals surface area contributed by atoms with Crippen LogP contribution in [0.25, 0.3) is 28.1 Å². The Balaban J connectivity index is 1.41. The lowest BCUT2D eigenvalue weighted by Gasteiger charge is -2.17. The first kappa shape index (κ1) is 33.2. The van der Waals surface area contributed by atoms with E-state index in [4.69, 9.17) is 4.98 Å². The van der Waals surface area contributed by atoms with Crippen LogP contribution >= 0.6 is 0 Å². The van der Waals surface area contributed by atoms with Crippen LogP contribution in [0.2, 0.25) is 0 Å². The Morgan fingerprint density at radius 3 is 2.71 bits per heavy atom. The fraction of sp³-hybridized carbons (Fsp3) is 0.265. The van der Waals surface area contributed by atoms with Crippen molar-refractivity contribution in [3.8, 4) is 28.1 Å². The number of anilines is 2. The number of methoxy groups -OCH3 is 1. The van der Waals surface area contributed by atoms with Gasteiger partial charge in [-0.1, -0.05) is 19.4 Å². The molecule has 6 rings (SSSR count). The lowest BCUT2D eigenvalue weighted by molar-refractivity contribution is -0.614. The first-order valence-corrected chi connectivity index (χ1v) is 15.5. The van der Waals surface area contributed by atoms with Crippen molar-refractivity contribution in [2.75, 3.05) is 17.7 Å². The van der Waals surface area contributed by atoms with Crippen molar-refractivity contribution in [2.24, 2.45) is 0 Å². The smallest absolute Gasteiger partial charge is 0.419 e. The molecule has 3 N–H and O–H groups in total. The zero-order chi connectivity index (χ0) is 34.9. The molecule has 2 bridgehead atoms. The fourth-order valence-corrected chi connectivity index (χ4v) is 5.95. The van der Waals surface area contributed by atoms with Gasteiger partial charge in [0, 0.05) is 41.2 Å². The largest absolute Gasteiger partial charge is 0.618 e. The van der Waals surface area contributed by atoms with E-state index >= 15 is 4.39 Å². The summed E-state index contributed by atoms with van der Waals surface area (Å²) in [5.41, 5.74) is 2.15. The van der Waals surface area contributed by atoms with Crippen LogP contribution < -0.4 is 15.4 Å². The average molecular weight is 678 g/mol. The van der Waals surface area contributed by atoms with Crippen molar-refractivity contribution in [3.05, 3.63) is 101 Å². The number of carbonyl (C=O) groups is 2. The molecular formula is C34H31F4N7O4. The molecule has 11 nitrogen and oxygen atoms in total. The standard InChI is InChI=1S/C34H31F4N7O4/c1-3-25-31-22-13-12-21(40-33(47)49-2)15-26(22)41-29(46)10-5-4-7-23(32(42-25)43-31)27-14-11-19(17-45(27)48)30-24(35)8-6-9-28(30)44-18-20(16-39-44)34(36,37)38/h6,8-9,11-18,23H,3-5,7,10H2,1-2H3,(H,40,47)(H,41,46)(H,42,43)/t23-/m1/s1. The number of benzene rings is 2. The molecule has 0 spiro atoms. The fourth-order valence-electron chi connectivity index (χ4n) is 5.95. The molecule has 0 unspecified atom stereocenters. The van der Waals surface area contributed by atoms with Crippen LogP contribution in [0.5, 0.6) is 0 Å². The molecule has 5 aromatic rings. The van der Waals surface area contributed by atoms with Gasteiger partial charge in [0.25, 0.3) is 0 Å². The van der Waals surface area contributed by atoms with Crippen LogP contribution in [0.3, 0.4) is 0 Å². The number of nitrogens with zero attached hydrogens (tertiary/aromatic N) is 4. The van der Waals surface area contributed by atoms with Gasteiger partial charge in [-0.15, -0.1) is 0 Å². The first-order valence-electron chi connectivity index (χ1n) is 15.5. The van der Waals surface area contributed by atoms with E-state index in [1.807, 2.05) is 6.92 Å². The van der Waals surface area contributed by atoms with E-state index in [-0.39, 0.29) is 29.1 Å². The summed E-state index contributed by atoms with van der Waals surface area (Å²) in [7, 11) is 1.24. The van der Waals surface area contributed by atoms with Gasteiger partial charge in [-0.3, -0.25) is 10.1 Å². The minimum Gasteiger partial charge on any atom is -0.618 e. The summed E-state index contributed by atoms with van der Waals surface area (Å²) in [6.07, 6.45) is -0.440. The topological polar surface area (TPSA) is 141 Å². The molecule has 15 heteroatoms. The number of hydrogen-bond acceptors (Lipinski definition) is 6. The van der Waals surface area contributed by atoms with E-state index in [0.29, 0.717) is 70.8 Å². The van der Waals surface area contributed by atoms with E-state index in [0.717, 1.165) is 22.6 Å². The number of imidazole rings is 1. The third-order valence-corrected chi connectivity index (χ3v) is 8.35. The number of aryl methyl sites for hydroxylation is 1. The molecular weight excluding hydrogens is 646 g/mol. The summed E-state index contributed by atoms with van der Waals surface area (Å²) >= 11 is 0. The average Bonchev–Trinajstić information content (AvgIpc) is 3.73. The second-order valence-electron chi connectivity index (χ2n) is 11.5. The molecule has 2 aromatic carbocycles. The lowest BCUT2D eigenvalue weighted by atomic mass is 9.95. The molecule has 254 valence electrons. The second-order valence-corrected chi connectivity index (χ2v) is 11.5. The van der Waals surface area contributed by atoms with Crippen LogP contribution in [-0.2, 0) is 22.1 Å². The molecule has 2 amide bonds. The SMILES string of the molecule is CCc1[nH]c2nc1-c1ccc(NC(=O)OC)cc1NC(=O)CCCC[C@@H]2c1ccc(-c2c(F)cccc2-n2cc(C(F)(F)F)cn2)c[n+]1[O-]. The minimum absolute atomic E-state index is 0.0272. The van der Waals surface area contributed by atoms with Gasteiger partial charge in [-0.2, -0.15) is 23.0 Å². The van der Waals surface area contributed by atoms with Crippen LogP contribution in [0, 0.1) is 11.0 Å². The van der Waals surface area contributed by atoms with Crippen LogP contribution in [0.1, 0.15) is 61.3 Å². The zero-order valence-corrected chi connectivity index (χ0v) is 26.4. The number of halogens is 4. The number of pyridine rings is 1. The van der Waals surface area contributed by atoms with Crippen molar-refractivity contribution in [1.29, 1.82) is 0 Å². The summed E-state index contributed by atoms with van der Waals surface area (Å²) in [5, 5.41) is 23.0. The predicted octanol–water partition coefficient (Wildman–Crippen LogP) is 7.11. The molecule has 1 aliphatic heterocycles. The van der Waals surface area contributed by atoms with Crippen LogP contribution in [0.4, 0.5) is 33.7 Å². The van der Waals surface area contributed by atoms with Crippen LogP contribution in [0.15, 0.2) is 67.1 Å². The molecule has 1 aliphatic rings. The number of rotatable bonds is 5. The van der Waals surface area contributed by atoms with E-state index in [1.165, 1.54) is 25.4 Å². The molecule has 0 radical (unpaired) electrons. The van der Waals surface area contributed by atoms with Crippen molar-refractivity contribution in [3.63, 3.8) is 0 Å². The van der Waals surface area contributed by atoms with Gasteiger partial charge in [0.15, 0.2) is 6.20 Å². The number of hydrogen-bond donors (Lipinski definition) is 3. The molecule has 4 heterocycles. The summed E-state index contributed by atoms with van der Waals surface area (Å²) < 4.78 is 61.4. The molecule has 3 aromatic heterocycles. The van der Waals surface area contributed by atoms with Crippen molar-refractivity contribution in [1.82, 2.24) is 19.7 Å². The Morgan fingerprint density at radius 1 is 1.18 bits per heavy atom. The summed E-state index contributed by atoms with van der Waals surface area (Å²) in [4.78, 5) is 33.1. The molecule has 49 heavy (non-hydrogen) atoms. The van der Waals surface area contributed by atoms with Gasteiger partial charge in [0.2, 0.25) is 11.6 Å². The molecule has 0 fully saturated rings. The Bertz CT molecular complexity index is 2040. The van der Waals surface area contributed by atoms with Gasteiger partial charge in [-0.25, -0.2) is 18.9 Å². The van der Waals surface area contributed by atoms with Gasteiger partial charge >= 0.3 is 12.3 Å². The second kappa shape index (κ2) is 13.4. The number of nitrogens with one attached hydrogen (secondary N) is 3. The number of fused-ring (bicyclic) bond motifs is 4. The third kappa shape index (κ3) is 6.82. The number of aromatic nitrogens is 5. The Hall–Kier alpha value is -5.73. The zero-order valence-electron chi connectivity index (χ0n) is 26.4. The van der Waals surface area contributed by atoms with Crippen molar-refractivity contribution >= 4 is 23.4 Å². The summed E-state index contributed by atoms with van der Waals surface area (Å²) in [6.45, 7) is 1.94. The maximum Gasteiger partial charge on any atom is 0.419 e. The Labute approximate surface area is 277 Å². The predicted molar refractivity (Wildman–Crippen MR) is 171 cm³/mol. The minimum atomic E-state index is -4.64. The highest BCUT2D eigenvalue weighted by Gasteiger charge is 2.33. The van der Waals surface area contributed by atoms with E-state index < -0.39 is 29.6 Å². The van der Waals surface area contributed by atoms with E-state index in [9.17, 15) is 28.0 Å². The summed E-state index contributed by atoms with van der Waals surface area (Å²) in [5.74, 6) is -1.00. The number of H-pyrrole nitrogens is 1. The first-order chi connectivity index (χ1) is 23.5. The van der Waals surface area contributed by atoms with E-state index in [2.05, 4.69) is 25.5 Å². The van der Waals surface area contributed by atoms with Crippen molar-refractivity contribution < 1.29 is 36.6 Å². The molecule has 1 atom stereocenters. The van der Waals surface area contributed by atoms with Crippen molar-refractivity contribution in [2.45, 2.75) is 51.1 Å². The number of carbonyl (C=O) groups excluding carboxylic acids is 2. The maximum atomic E-state index is 15.3. The van der Waals surface area contributed by atoms with Crippen LogP contribution in [-0.4, -0.2) is 38.9 Å². The molecule has 0 saturated heterocycles. The lowest BCUT2D eigenvalue weighted by Crippen LogP contribution is -2.34. The highest BCUT2D eigenvalue weighted by Crippen LogP contribution is 2.37. The molecule has 0 saturated carbocycles. The van der Waals surface area contributed by atoms with Gasteiger partial charge in [-0.05, 0) is 55.7 Å². The van der Waals surface area contributed by atoms with Gasteiger partial charge in [0.1, 0.15) is 17.6 Å². The Morgan fingerprint density at radius 2 is 2.00 bits per heavy atom.